The molecule has 0 bridgehead atoms. The quantitative estimate of drug-likeness (QED) is 0.881. The lowest BCUT2D eigenvalue weighted by molar-refractivity contribution is 0.122. The summed E-state index contributed by atoms with van der Waals surface area (Å²) in [5.74, 6) is 0. The van der Waals surface area contributed by atoms with Gasteiger partial charge in [0.15, 0.2) is 0 Å². The predicted molar refractivity (Wildman–Crippen MR) is 92.4 cm³/mol. The summed E-state index contributed by atoms with van der Waals surface area (Å²) in [6.45, 7) is 4.28. The summed E-state index contributed by atoms with van der Waals surface area (Å²) in [7, 11) is 2.08. The normalized spacial score (nSPS) is 14.9. The number of rotatable bonds is 4. The maximum atomic E-state index is 6.28. The molecule has 1 fully saturated rings. The summed E-state index contributed by atoms with van der Waals surface area (Å²) in [5, 5.41) is 0. The third-order valence-electron chi connectivity index (χ3n) is 4.06. The lowest BCUT2D eigenvalue weighted by atomic mass is 10.1. The first kappa shape index (κ1) is 14.7. The van der Waals surface area contributed by atoms with Gasteiger partial charge in [0.05, 0.1) is 24.6 Å². The number of nitrogens with zero attached hydrogens (tertiary/aromatic N) is 2. The van der Waals surface area contributed by atoms with Gasteiger partial charge >= 0.3 is 0 Å². The minimum absolute atomic E-state index is 0.787. The summed E-state index contributed by atoms with van der Waals surface area (Å²) in [5.41, 5.74) is 10.6. The van der Waals surface area contributed by atoms with Gasteiger partial charge in [-0.2, -0.15) is 0 Å². The Balaban J connectivity index is 1.74. The Labute approximate surface area is 132 Å². The summed E-state index contributed by atoms with van der Waals surface area (Å²) in [6.07, 6.45) is 0. The van der Waals surface area contributed by atoms with Crippen LogP contribution in [0.3, 0.4) is 0 Å². The Morgan fingerprint density at radius 3 is 2.50 bits per heavy atom. The van der Waals surface area contributed by atoms with Crippen LogP contribution in [0.15, 0.2) is 48.5 Å². The molecule has 1 aliphatic rings. The van der Waals surface area contributed by atoms with Crippen molar-refractivity contribution in [3.8, 4) is 0 Å². The van der Waals surface area contributed by atoms with Gasteiger partial charge in [0.25, 0.3) is 0 Å². The largest absolute Gasteiger partial charge is 0.397 e. The fourth-order valence-electron chi connectivity index (χ4n) is 2.85. The Kier molecular flexibility index (Phi) is 4.49. The molecule has 4 nitrogen and oxygen atoms in total. The topological polar surface area (TPSA) is 41.7 Å². The molecule has 4 heteroatoms. The van der Waals surface area contributed by atoms with Crippen molar-refractivity contribution in [1.29, 1.82) is 0 Å². The standard InChI is InChI=1S/C18H23N3O/c1-20(14-15-5-3-2-4-6-15)18-8-7-16(13-17(18)19)21-9-11-22-12-10-21/h2-8,13H,9-12,14,19H2,1H3. The van der Waals surface area contributed by atoms with Crippen molar-refractivity contribution in [3.05, 3.63) is 54.1 Å². The first-order valence-corrected chi connectivity index (χ1v) is 7.71. The zero-order valence-corrected chi connectivity index (χ0v) is 13.0. The molecule has 0 spiro atoms. The molecule has 116 valence electrons. The number of benzene rings is 2. The molecule has 1 heterocycles. The highest BCUT2D eigenvalue weighted by Crippen LogP contribution is 2.29. The van der Waals surface area contributed by atoms with E-state index >= 15 is 0 Å². The average molecular weight is 297 g/mol. The van der Waals surface area contributed by atoms with E-state index in [4.69, 9.17) is 10.5 Å². The SMILES string of the molecule is CN(Cc1ccccc1)c1ccc(N2CCOCC2)cc1N. The molecule has 2 aromatic carbocycles. The predicted octanol–water partition coefficient (Wildman–Crippen LogP) is 2.74. The zero-order chi connectivity index (χ0) is 15.4. The number of hydrogen-bond acceptors (Lipinski definition) is 4. The van der Waals surface area contributed by atoms with Crippen LogP contribution in [0.5, 0.6) is 0 Å². The lowest BCUT2D eigenvalue weighted by Crippen LogP contribution is -2.36. The monoisotopic (exact) mass is 297 g/mol. The average Bonchev–Trinajstić information content (AvgIpc) is 2.56. The van der Waals surface area contributed by atoms with E-state index in [1.165, 1.54) is 11.3 Å². The van der Waals surface area contributed by atoms with Gasteiger partial charge in [-0.15, -0.1) is 0 Å². The van der Waals surface area contributed by atoms with Crippen LogP contribution in [0.1, 0.15) is 5.56 Å². The van der Waals surface area contributed by atoms with Gasteiger partial charge in [-0.1, -0.05) is 30.3 Å². The van der Waals surface area contributed by atoms with Crippen LogP contribution < -0.4 is 15.5 Å². The first-order chi connectivity index (χ1) is 10.7. The highest BCUT2D eigenvalue weighted by molar-refractivity contribution is 5.73. The van der Waals surface area contributed by atoms with Gasteiger partial charge in [-0.3, -0.25) is 0 Å². The second-order valence-electron chi connectivity index (χ2n) is 5.68. The van der Waals surface area contributed by atoms with Gasteiger partial charge in [0.1, 0.15) is 0 Å². The van der Waals surface area contributed by atoms with Gasteiger partial charge in [0.2, 0.25) is 0 Å². The number of morpholine rings is 1. The zero-order valence-electron chi connectivity index (χ0n) is 13.0. The van der Waals surface area contributed by atoms with E-state index in [1.807, 2.05) is 6.07 Å². The third-order valence-corrected chi connectivity index (χ3v) is 4.06. The molecule has 2 aromatic rings. The van der Waals surface area contributed by atoms with Crippen molar-refractivity contribution in [2.75, 3.05) is 48.9 Å². The van der Waals surface area contributed by atoms with Crippen LogP contribution >= 0.6 is 0 Å². The Morgan fingerprint density at radius 2 is 1.82 bits per heavy atom. The van der Waals surface area contributed by atoms with E-state index in [0.717, 1.165) is 44.2 Å². The molecule has 0 aliphatic carbocycles. The molecule has 2 N–H and O–H groups in total. The third kappa shape index (κ3) is 3.34. The van der Waals surface area contributed by atoms with Crippen molar-refractivity contribution < 1.29 is 4.74 Å². The molecule has 0 saturated carbocycles. The van der Waals surface area contributed by atoms with E-state index in [1.54, 1.807) is 0 Å². The van der Waals surface area contributed by atoms with E-state index in [9.17, 15) is 0 Å². The summed E-state index contributed by atoms with van der Waals surface area (Å²) < 4.78 is 5.40. The minimum Gasteiger partial charge on any atom is -0.397 e. The number of ether oxygens (including phenoxy) is 1. The molecule has 1 saturated heterocycles. The molecule has 0 amide bonds. The first-order valence-electron chi connectivity index (χ1n) is 7.71. The second-order valence-corrected chi connectivity index (χ2v) is 5.68. The highest BCUT2D eigenvalue weighted by atomic mass is 16.5. The molecular formula is C18H23N3O. The van der Waals surface area contributed by atoms with Gasteiger partial charge in [0, 0.05) is 32.4 Å². The highest BCUT2D eigenvalue weighted by Gasteiger charge is 2.13. The molecule has 22 heavy (non-hydrogen) atoms. The smallest absolute Gasteiger partial charge is 0.0642 e. The number of hydrogen-bond donors (Lipinski definition) is 1. The molecule has 0 atom stereocenters. The minimum atomic E-state index is 0.787. The van der Waals surface area contributed by atoms with Crippen molar-refractivity contribution >= 4 is 17.1 Å². The number of nitrogen functional groups attached to an aromatic ring is 1. The fraction of sp³-hybridized carbons (Fsp3) is 0.333. The summed E-state index contributed by atoms with van der Waals surface area (Å²) in [4.78, 5) is 4.51. The van der Waals surface area contributed by atoms with Gasteiger partial charge < -0.3 is 20.3 Å². The number of nitrogens with two attached hydrogens (primary N) is 1. The van der Waals surface area contributed by atoms with Crippen molar-refractivity contribution in [2.45, 2.75) is 6.54 Å². The van der Waals surface area contributed by atoms with E-state index in [-0.39, 0.29) is 0 Å². The summed E-state index contributed by atoms with van der Waals surface area (Å²) in [6, 6.07) is 16.8. The van der Waals surface area contributed by atoms with E-state index in [0.29, 0.717) is 0 Å². The van der Waals surface area contributed by atoms with E-state index < -0.39 is 0 Å². The number of anilines is 3. The lowest BCUT2D eigenvalue weighted by Gasteiger charge is -2.30. The molecule has 0 radical (unpaired) electrons. The Morgan fingerprint density at radius 1 is 1.09 bits per heavy atom. The van der Waals surface area contributed by atoms with Crippen molar-refractivity contribution in [3.63, 3.8) is 0 Å². The van der Waals surface area contributed by atoms with Crippen LogP contribution in [0.4, 0.5) is 17.1 Å². The maximum Gasteiger partial charge on any atom is 0.0642 e. The Hall–Kier alpha value is -2.20. The van der Waals surface area contributed by atoms with Crippen LogP contribution in [-0.2, 0) is 11.3 Å². The van der Waals surface area contributed by atoms with Gasteiger partial charge in [-0.25, -0.2) is 0 Å². The van der Waals surface area contributed by atoms with Crippen LogP contribution in [0.2, 0.25) is 0 Å². The Bertz CT molecular complexity index is 609. The molecule has 0 unspecified atom stereocenters. The fourth-order valence-corrected chi connectivity index (χ4v) is 2.85. The van der Waals surface area contributed by atoms with Crippen LogP contribution in [-0.4, -0.2) is 33.4 Å². The van der Waals surface area contributed by atoms with Crippen molar-refractivity contribution in [2.24, 2.45) is 0 Å². The molecule has 1 aliphatic heterocycles. The molecular weight excluding hydrogens is 274 g/mol. The van der Waals surface area contributed by atoms with Crippen molar-refractivity contribution in [1.82, 2.24) is 0 Å². The van der Waals surface area contributed by atoms with E-state index in [2.05, 4.69) is 59.3 Å². The van der Waals surface area contributed by atoms with Crippen LogP contribution in [0, 0.1) is 0 Å². The maximum absolute atomic E-state index is 6.28. The van der Waals surface area contributed by atoms with Gasteiger partial charge in [-0.05, 0) is 23.8 Å². The summed E-state index contributed by atoms with van der Waals surface area (Å²) >= 11 is 0. The molecule has 3 rings (SSSR count). The molecule has 0 aromatic heterocycles. The van der Waals surface area contributed by atoms with Crippen LogP contribution in [0.25, 0.3) is 0 Å². The second kappa shape index (κ2) is 6.71.